The summed E-state index contributed by atoms with van der Waals surface area (Å²) >= 11 is 0. The number of likely N-dealkylation sites (tertiary alicyclic amines) is 1. The number of benzene rings is 2. The Morgan fingerprint density at radius 2 is 1.63 bits per heavy atom. The van der Waals surface area contributed by atoms with Crippen LogP contribution in [0.25, 0.3) is 10.8 Å². The highest BCUT2D eigenvalue weighted by molar-refractivity contribution is 6.02. The summed E-state index contributed by atoms with van der Waals surface area (Å²) in [5, 5.41) is 5.11. The van der Waals surface area contributed by atoms with E-state index in [2.05, 4.69) is 5.10 Å². The summed E-state index contributed by atoms with van der Waals surface area (Å²) in [6.07, 6.45) is 1.01. The van der Waals surface area contributed by atoms with Crippen molar-refractivity contribution < 1.29 is 14.3 Å². The highest BCUT2D eigenvalue weighted by Gasteiger charge is 2.28. The summed E-state index contributed by atoms with van der Waals surface area (Å²) in [7, 11) is 0. The summed E-state index contributed by atoms with van der Waals surface area (Å²) in [6, 6.07) is 16.2. The Balaban J connectivity index is 1.66. The third-order valence-corrected chi connectivity index (χ3v) is 5.29. The summed E-state index contributed by atoms with van der Waals surface area (Å²) < 4.78 is 6.72. The molecule has 0 aliphatic carbocycles. The molecule has 0 N–H and O–H groups in total. The molecule has 1 atom stereocenters. The molecule has 0 radical (unpaired) electrons. The third-order valence-electron chi connectivity index (χ3n) is 5.29. The van der Waals surface area contributed by atoms with Gasteiger partial charge in [-0.15, -0.1) is 0 Å². The van der Waals surface area contributed by atoms with Crippen LogP contribution < -0.4 is 5.56 Å². The summed E-state index contributed by atoms with van der Waals surface area (Å²) in [4.78, 5) is 40.1. The van der Waals surface area contributed by atoms with E-state index in [4.69, 9.17) is 4.74 Å². The van der Waals surface area contributed by atoms with Gasteiger partial charge in [-0.25, -0.2) is 9.48 Å². The Bertz CT molecular complexity index is 1130. The van der Waals surface area contributed by atoms with E-state index in [9.17, 15) is 14.4 Å². The standard InChI is InChI=1S/C23H23N3O4/c1-16(21(27)25-13-7-8-14-25)30-23(29)20-18-11-5-6-12-19(18)22(28)26(24-20)15-17-9-3-2-4-10-17/h2-6,9-12,16H,7-8,13-15H2,1H3/t16-/m0/s1. The Kier molecular flexibility index (Phi) is 5.61. The minimum absolute atomic E-state index is 0.0298. The van der Waals surface area contributed by atoms with Gasteiger partial charge in [0.15, 0.2) is 11.8 Å². The van der Waals surface area contributed by atoms with E-state index in [0.717, 1.165) is 18.4 Å². The molecule has 2 aromatic carbocycles. The molecule has 154 valence electrons. The molecule has 7 heteroatoms. The van der Waals surface area contributed by atoms with Crippen LogP contribution in [-0.2, 0) is 16.1 Å². The number of hydrogen-bond donors (Lipinski definition) is 0. The van der Waals surface area contributed by atoms with Gasteiger partial charge in [0, 0.05) is 18.5 Å². The van der Waals surface area contributed by atoms with Gasteiger partial charge in [0.05, 0.1) is 11.9 Å². The molecule has 2 heterocycles. The summed E-state index contributed by atoms with van der Waals surface area (Å²) in [6.45, 7) is 3.17. The van der Waals surface area contributed by atoms with E-state index in [0.29, 0.717) is 23.9 Å². The highest BCUT2D eigenvalue weighted by atomic mass is 16.5. The fourth-order valence-electron chi connectivity index (χ4n) is 3.71. The predicted octanol–water partition coefficient (Wildman–Crippen LogP) is 2.61. The molecule has 1 aliphatic heterocycles. The van der Waals surface area contributed by atoms with E-state index in [1.807, 2.05) is 30.3 Å². The number of carbonyl (C=O) groups is 2. The van der Waals surface area contributed by atoms with Gasteiger partial charge in [-0.3, -0.25) is 9.59 Å². The monoisotopic (exact) mass is 405 g/mol. The number of rotatable bonds is 5. The molecule has 30 heavy (non-hydrogen) atoms. The lowest BCUT2D eigenvalue weighted by atomic mass is 10.1. The second-order valence-electron chi connectivity index (χ2n) is 7.42. The van der Waals surface area contributed by atoms with Crippen molar-refractivity contribution in [3.05, 3.63) is 76.2 Å². The lowest BCUT2D eigenvalue weighted by Crippen LogP contribution is -2.38. The number of fused-ring (bicyclic) bond motifs is 1. The van der Waals surface area contributed by atoms with Crippen molar-refractivity contribution in [2.45, 2.75) is 32.4 Å². The molecular weight excluding hydrogens is 382 g/mol. The topological polar surface area (TPSA) is 81.5 Å². The predicted molar refractivity (Wildman–Crippen MR) is 112 cm³/mol. The van der Waals surface area contributed by atoms with Crippen molar-refractivity contribution >= 4 is 22.6 Å². The quantitative estimate of drug-likeness (QED) is 0.610. The molecule has 1 aromatic heterocycles. The first kappa shape index (κ1) is 19.8. The molecular formula is C23H23N3O4. The van der Waals surface area contributed by atoms with Gasteiger partial charge >= 0.3 is 5.97 Å². The highest BCUT2D eigenvalue weighted by Crippen LogP contribution is 2.17. The van der Waals surface area contributed by atoms with Crippen molar-refractivity contribution in [3.63, 3.8) is 0 Å². The average molecular weight is 405 g/mol. The van der Waals surface area contributed by atoms with Crippen molar-refractivity contribution in [1.82, 2.24) is 14.7 Å². The van der Waals surface area contributed by atoms with Gasteiger partial charge in [0.1, 0.15) is 0 Å². The second-order valence-corrected chi connectivity index (χ2v) is 7.42. The number of nitrogens with zero attached hydrogens (tertiary/aromatic N) is 3. The molecule has 1 amide bonds. The number of esters is 1. The number of ether oxygens (including phenoxy) is 1. The first-order valence-corrected chi connectivity index (χ1v) is 10.1. The first-order chi connectivity index (χ1) is 14.5. The van der Waals surface area contributed by atoms with E-state index in [1.165, 1.54) is 4.68 Å². The first-order valence-electron chi connectivity index (χ1n) is 10.1. The van der Waals surface area contributed by atoms with Crippen LogP contribution in [0.2, 0.25) is 0 Å². The van der Waals surface area contributed by atoms with Crippen molar-refractivity contribution in [1.29, 1.82) is 0 Å². The van der Waals surface area contributed by atoms with Gasteiger partial charge in [-0.05, 0) is 31.4 Å². The SMILES string of the molecule is C[C@H](OC(=O)c1nn(Cc2ccccc2)c(=O)c2ccccc12)C(=O)N1CCCC1. The molecule has 0 spiro atoms. The molecule has 0 unspecified atom stereocenters. The van der Waals surface area contributed by atoms with Gasteiger partial charge in [-0.1, -0.05) is 48.5 Å². The maximum Gasteiger partial charge on any atom is 0.360 e. The van der Waals surface area contributed by atoms with Gasteiger partial charge in [0.2, 0.25) is 0 Å². The zero-order chi connectivity index (χ0) is 21.1. The van der Waals surface area contributed by atoms with Crippen molar-refractivity contribution in [2.75, 3.05) is 13.1 Å². The molecule has 4 rings (SSSR count). The van der Waals surface area contributed by atoms with E-state index in [-0.39, 0.29) is 23.7 Å². The lowest BCUT2D eigenvalue weighted by molar-refractivity contribution is -0.138. The largest absolute Gasteiger partial charge is 0.448 e. The number of carbonyl (C=O) groups excluding carboxylic acids is 2. The van der Waals surface area contributed by atoms with Crippen LogP contribution in [0.15, 0.2) is 59.4 Å². The van der Waals surface area contributed by atoms with Gasteiger partial charge < -0.3 is 9.64 Å². The van der Waals surface area contributed by atoms with Crippen LogP contribution in [0, 0.1) is 0 Å². The van der Waals surface area contributed by atoms with E-state index < -0.39 is 12.1 Å². The number of amides is 1. The van der Waals surface area contributed by atoms with Gasteiger partial charge in [0.25, 0.3) is 11.5 Å². The molecule has 1 saturated heterocycles. The fraction of sp³-hybridized carbons (Fsp3) is 0.304. The molecule has 0 saturated carbocycles. The Labute approximate surface area is 173 Å². The third kappa shape index (κ3) is 3.96. The average Bonchev–Trinajstić information content (AvgIpc) is 3.30. The maximum atomic E-state index is 12.9. The molecule has 7 nitrogen and oxygen atoms in total. The Morgan fingerprint density at radius 1 is 1.00 bits per heavy atom. The zero-order valence-electron chi connectivity index (χ0n) is 16.8. The van der Waals surface area contributed by atoms with Crippen molar-refractivity contribution in [2.24, 2.45) is 0 Å². The number of aromatic nitrogens is 2. The van der Waals surface area contributed by atoms with Crippen LogP contribution in [-0.4, -0.2) is 45.8 Å². The molecule has 1 aliphatic rings. The van der Waals surface area contributed by atoms with Crippen LogP contribution in [0.3, 0.4) is 0 Å². The lowest BCUT2D eigenvalue weighted by Gasteiger charge is -2.20. The van der Waals surface area contributed by atoms with Crippen LogP contribution >= 0.6 is 0 Å². The molecule has 3 aromatic rings. The van der Waals surface area contributed by atoms with Crippen LogP contribution in [0.4, 0.5) is 0 Å². The second kappa shape index (κ2) is 8.49. The van der Waals surface area contributed by atoms with E-state index >= 15 is 0 Å². The maximum absolute atomic E-state index is 12.9. The normalized spacial score (nSPS) is 14.6. The molecule has 1 fully saturated rings. The number of hydrogen-bond acceptors (Lipinski definition) is 5. The molecule has 0 bridgehead atoms. The summed E-state index contributed by atoms with van der Waals surface area (Å²) in [5.41, 5.74) is 0.633. The Morgan fingerprint density at radius 3 is 2.33 bits per heavy atom. The Hall–Kier alpha value is -3.48. The fourth-order valence-corrected chi connectivity index (χ4v) is 3.71. The minimum Gasteiger partial charge on any atom is -0.448 e. The zero-order valence-corrected chi connectivity index (χ0v) is 16.8. The van der Waals surface area contributed by atoms with Crippen LogP contribution in [0.5, 0.6) is 0 Å². The summed E-state index contributed by atoms with van der Waals surface area (Å²) in [5.74, 6) is -0.921. The van der Waals surface area contributed by atoms with E-state index in [1.54, 1.807) is 36.1 Å². The minimum atomic E-state index is -0.911. The van der Waals surface area contributed by atoms with Crippen LogP contribution in [0.1, 0.15) is 35.8 Å². The smallest absolute Gasteiger partial charge is 0.360 e. The van der Waals surface area contributed by atoms with Gasteiger partial charge in [-0.2, -0.15) is 5.10 Å². The van der Waals surface area contributed by atoms with Crippen molar-refractivity contribution in [3.8, 4) is 0 Å².